The van der Waals surface area contributed by atoms with Crippen molar-refractivity contribution in [2.45, 2.75) is 39.8 Å². The minimum absolute atomic E-state index is 0.315. The molecule has 0 aliphatic heterocycles. The van der Waals surface area contributed by atoms with E-state index >= 15 is 0 Å². The Labute approximate surface area is 208 Å². The molecule has 0 aliphatic rings. The van der Waals surface area contributed by atoms with Crippen LogP contribution in [-0.4, -0.2) is 33.4 Å². The number of benzene rings is 3. The van der Waals surface area contributed by atoms with Crippen molar-refractivity contribution >= 4 is 16.8 Å². The molecule has 1 heterocycles. The molecule has 2 N–H and O–H groups in total. The maximum Gasteiger partial charge on any atom is 0.228 e. The monoisotopic (exact) mass is 493 g/mol. The van der Waals surface area contributed by atoms with Gasteiger partial charge >= 0.3 is 0 Å². The number of fused-ring (bicyclic) bond motifs is 1. The molecule has 0 fully saturated rings. The Hall–Kier alpha value is -3.78. The molecular weight excluding hydrogens is 464 g/mol. The number of halogens is 2. The molecule has 0 saturated carbocycles. The Morgan fingerprint density at radius 1 is 1.11 bits per heavy atom. The first-order chi connectivity index (χ1) is 17.1. The molecule has 4 aromatic rings. The molecule has 4 rings (SSSR count). The van der Waals surface area contributed by atoms with Crippen LogP contribution in [0.1, 0.15) is 38.0 Å². The van der Waals surface area contributed by atoms with Gasteiger partial charge in [-0.3, -0.25) is 4.79 Å². The zero-order valence-electron chi connectivity index (χ0n) is 20.6. The van der Waals surface area contributed by atoms with E-state index in [4.69, 9.17) is 4.74 Å². The van der Waals surface area contributed by atoms with Gasteiger partial charge in [0.1, 0.15) is 23.5 Å². The van der Waals surface area contributed by atoms with Gasteiger partial charge in [0.15, 0.2) is 0 Å². The molecule has 1 aromatic heterocycles. The maximum atomic E-state index is 14.4. The number of hydrogen-bond donors (Lipinski definition) is 2. The van der Waals surface area contributed by atoms with Crippen LogP contribution < -0.4 is 10.1 Å². The number of ether oxygens (including phenoxy) is 1. The molecule has 0 bridgehead atoms. The summed E-state index contributed by atoms with van der Waals surface area (Å²) in [5, 5.41) is 17.7. The normalized spacial score (nSPS) is 13.4. The quantitative estimate of drug-likeness (QED) is 0.351. The standard InChI is InChI=1S/C28H29F2N3O3/c1-17-5-6-19(14-24(17)30)26(18(2)32-27(35)28(3,4)16-34)36-23-11-12-25-20(13-23)15-31-33(25)22-9-7-21(29)8-10-22/h5-15,18,26,34H,16H2,1-4H3,(H,32,35). The largest absolute Gasteiger partial charge is 0.484 e. The number of nitrogens with one attached hydrogen (secondary N) is 1. The number of amides is 1. The van der Waals surface area contributed by atoms with Crippen LogP contribution in [0.25, 0.3) is 16.6 Å². The van der Waals surface area contributed by atoms with E-state index in [-0.39, 0.29) is 24.1 Å². The van der Waals surface area contributed by atoms with E-state index in [9.17, 15) is 18.7 Å². The van der Waals surface area contributed by atoms with Gasteiger partial charge in [-0.1, -0.05) is 12.1 Å². The van der Waals surface area contributed by atoms with Crippen LogP contribution in [0, 0.1) is 24.0 Å². The lowest BCUT2D eigenvalue weighted by molar-refractivity contribution is -0.132. The molecule has 2 unspecified atom stereocenters. The first-order valence-electron chi connectivity index (χ1n) is 11.7. The third kappa shape index (κ3) is 5.23. The minimum atomic E-state index is -0.981. The van der Waals surface area contributed by atoms with E-state index < -0.39 is 17.6 Å². The summed E-state index contributed by atoms with van der Waals surface area (Å²) < 4.78 is 35.8. The maximum absolute atomic E-state index is 14.4. The van der Waals surface area contributed by atoms with Gasteiger partial charge in [-0.2, -0.15) is 5.10 Å². The molecule has 188 valence electrons. The topological polar surface area (TPSA) is 76.4 Å². The van der Waals surface area contributed by atoms with Crippen LogP contribution in [0.3, 0.4) is 0 Å². The summed E-state index contributed by atoms with van der Waals surface area (Å²) in [6.07, 6.45) is 0.976. The predicted molar refractivity (Wildman–Crippen MR) is 134 cm³/mol. The summed E-state index contributed by atoms with van der Waals surface area (Å²) in [7, 11) is 0. The highest BCUT2D eigenvalue weighted by molar-refractivity contribution is 5.82. The molecular formula is C28H29F2N3O3. The second-order valence-electron chi connectivity index (χ2n) is 9.60. The molecule has 2 atom stereocenters. The summed E-state index contributed by atoms with van der Waals surface area (Å²) in [6, 6.07) is 15.8. The van der Waals surface area contributed by atoms with E-state index in [1.54, 1.807) is 68.9 Å². The highest BCUT2D eigenvalue weighted by Crippen LogP contribution is 2.30. The Kier molecular flexibility index (Phi) is 7.08. The van der Waals surface area contributed by atoms with E-state index in [1.807, 2.05) is 12.1 Å². The van der Waals surface area contributed by atoms with Crippen molar-refractivity contribution in [3.8, 4) is 11.4 Å². The molecule has 0 radical (unpaired) electrons. The first kappa shape index (κ1) is 25.3. The average Bonchev–Trinajstić information content (AvgIpc) is 3.28. The fourth-order valence-corrected chi connectivity index (χ4v) is 3.81. The van der Waals surface area contributed by atoms with Crippen LogP contribution >= 0.6 is 0 Å². The molecule has 6 nitrogen and oxygen atoms in total. The second-order valence-corrected chi connectivity index (χ2v) is 9.60. The number of nitrogens with zero attached hydrogens (tertiary/aromatic N) is 2. The highest BCUT2D eigenvalue weighted by Gasteiger charge is 2.31. The fraction of sp³-hybridized carbons (Fsp3) is 0.286. The van der Waals surface area contributed by atoms with E-state index in [1.165, 1.54) is 18.2 Å². The lowest BCUT2D eigenvalue weighted by Crippen LogP contribution is -2.46. The zero-order valence-corrected chi connectivity index (χ0v) is 20.6. The van der Waals surface area contributed by atoms with Crippen molar-refractivity contribution in [3.63, 3.8) is 0 Å². The minimum Gasteiger partial charge on any atom is -0.484 e. The predicted octanol–water partition coefficient (Wildman–Crippen LogP) is 5.26. The average molecular weight is 494 g/mol. The summed E-state index contributed by atoms with van der Waals surface area (Å²) in [6.45, 7) is 6.42. The number of aromatic nitrogens is 2. The smallest absolute Gasteiger partial charge is 0.228 e. The van der Waals surface area contributed by atoms with E-state index in [0.717, 1.165) is 16.6 Å². The van der Waals surface area contributed by atoms with Gasteiger partial charge in [-0.25, -0.2) is 13.5 Å². The van der Waals surface area contributed by atoms with Crippen molar-refractivity contribution in [1.29, 1.82) is 0 Å². The number of rotatable bonds is 8. The fourth-order valence-electron chi connectivity index (χ4n) is 3.81. The van der Waals surface area contributed by atoms with Gasteiger partial charge in [0, 0.05) is 5.39 Å². The van der Waals surface area contributed by atoms with Gasteiger partial charge in [-0.15, -0.1) is 0 Å². The lowest BCUT2D eigenvalue weighted by Gasteiger charge is -2.30. The molecule has 1 amide bonds. The van der Waals surface area contributed by atoms with E-state index in [2.05, 4.69) is 10.4 Å². The van der Waals surface area contributed by atoms with Crippen LogP contribution in [0.5, 0.6) is 5.75 Å². The molecule has 8 heteroatoms. The molecule has 3 aromatic carbocycles. The summed E-state index contributed by atoms with van der Waals surface area (Å²) >= 11 is 0. The van der Waals surface area contributed by atoms with Crippen LogP contribution in [-0.2, 0) is 4.79 Å². The Bertz CT molecular complexity index is 1380. The third-order valence-electron chi connectivity index (χ3n) is 6.22. The molecule has 0 aliphatic carbocycles. The molecule has 0 saturated heterocycles. The van der Waals surface area contributed by atoms with E-state index in [0.29, 0.717) is 16.9 Å². The third-order valence-corrected chi connectivity index (χ3v) is 6.22. The molecule has 36 heavy (non-hydrogen) atoms. The van der Waals surface area contributed by atoms with Crippen molar-refractivity contribution in [2.24, 2.45) is 5.41 Å². The Morgan fingerprint density at radius 2 is 1.83 bits per heavy atom. The van der Waals surface area contributed by atoms with Crippen LogP contribution in [0.4, 0.5) is 8.78 Å². The SMILES string of the molecule is Cc1ccc(C(Oc2ccc3c(cnn3-c3ccc(F)cc3)c2)C(C)NC(=O)C(C)(C)CO)cc1F. The summed E-state index contributed by atoms with van der Waals surface area (Å²) in [4.78, 5) is 12.7. The van der Waals surface area contributed by atoms with Crippen LogP contribution in [0.2, 0.25) is 0 Å². The number of hydrogen-bond acceptors (Lipinski definition) is 4. The van der Waals surface area contributed by atoms with Gasteiger partial charge in [0.05, 0.1) is 35.5 Å². The Morgan fingerprint density at radius 3 is 2.50 bits per heavy atom. The molecule has 0 spiro atoms. The second kappa shape index (κ2) is 10.1. The zero-order chi connectivity index (χ0) is 26.0. The number of carbonyl (C=O) groups is 1. The van der Waals surface area contributed by atoms with Crippen molar-refractivity contribution in [3.05, 3.63) is 89.6 Å². The number of aliphatic hydroxyl groups is 1. The summed E-state index contributed by atoms with van der Waals surface area (Å²) in [5.41, 5.74) is 1.61. The lowest BCUT2D eigenvalue weighted by atomic mass is 9.92. The van der Waals surface area contributed by atoms with Gasteiger partial charge in [0.25, 0.3) is 0 Å². The number of aryl methyl sites for hydroxylation is 1. The number of carbonyl (C=O) groups excluding carboxylic acids is 1. The van der Waals surface area contributed by atoms with Crippen molar-refractivity contribution in [1.82, 2.24) is 15.1 Å². The Balaban J connectivity index is 1.65. The number of aliphatic hydroxyl groups excluding tert-OH is 1. The summed E-state index contributed by atoms with van der Waals surface area (Å²) in [5.74, 6) is -0.524. The van der Waals surface area contributed by atoms with Crippen molar-refractivity contribution < 1.29 is 23.4 Å². The highest BCUT2D eigenvalue weighted by atomic mass is 19.1. The first-order valence-corrected chi connectivity index (χ1v) is 11.7. The van der Waals surface area contributed by atoms with Crippen molar-refractivity contribution in [2.75, 3.05) is 6.61 Å². The van der Waals surface area contributed by atoms with Gasteiger partial charge < -0.3 is 15.2 Å². The van der Waals surface area contributed by atoms with Gasteiger partial charge in [0.2, 0.25) is 5.91 Å². The van der Waals surface area contributed by atoms with Gasteiger partial charge in [-0.05, 0) is 87.4 Å². The van der Waals surface area contributed by atoms with Crippen LogP contribution in [0.15, 0.2) is 66.9 Å².